The zero-order valence-corrected chi connectivity index (χ0v) is 16.7. The molecular formula is C20H17N3O2S2. The van der Waals surface area contributed by atoms with Gasteiger partial charge in [-0.15, -0.1) is 11.8 Å². The summed E-state index contributed by atoms with van der Waals surface area (Å²) in [5.41, 5.74) is 0.842. The molecule has 0 radical (unpaired) electrons. The lowest BCUT2D eigenvalue weighted by atomic mass is 10.2. The van der Waals surface area contributed by atoms with E-state index in [4.69, 9.17) is 4.74 Å². The van der Waals surface area contributed by atoms with Gasteiger partial charge in [0.05, 0.1) is 12.8 Å². The maximum atomic E-state index is 12.7. The van der Waals surface area contributed by atoms with Crippen LogP contribution in [0.4, 0.5) is 0 Å². The highest BCUT2D eigenvalue weighted by molar-refractivity contribution is 7.99. The molecule has 0 aliphatic heterocycles. The highest BCUT2D eigenvalue weighted by Gasteiger charge is 2.16. The Morgan fingerprint density at radius 3 is 2.26 bits per heavy atom. The van der Waals surface area contributed by atoms with Gasteiger partial charge in [-0.3, -0.25) is 4.79 Å². The lowest BCUT2D eigenvalue weighted by Gasteiger charge is -2.12. The van der Waals surface area contributed by atoms with Gasteiger partial charge in [0.15, 0.2) is 0 Å². The number of hydrogen-bond acceptors (Lipinski definition) is 6. The summed E-state index contributed by atoms with van der Waals surface area (Å²) in [5, 5.41) is 14.6. The Morgan fingerprint density at radius 1 is 1.07 bits per heavy atom. The lowest BCUT2D eigenvalue weighted by molar-refractivity contribution is 0.414. The predicted octanol–water partition coefficient (Wildman–Crippen LogP) is 4.29. The third-order valence-electron chi connectivity index (χ3n) is 4.00. The van der Waals surface area contributed by atoms with Crippen LogP contribution in [0.1, 0.15) is 11.1 Å². The third-order valence-corrected chi connectivity index (χ3v) is 5.83. The van der Waals surface area contributed by atoms with Crippen molar-refractivity contribution >= 4 is 23.5 Å². The Kier molecular flexibility index (Phi) is 5.89. The standard InChI is InChI=1S/C20H17N3O2S2/c1-13-18(12-21)20(24)23(14-4-6-15(25-2)7-5-14)22-19(13)27-17-10-8-16(26-3)9-11-17/h4-11H,1-3H3. The summed E-state index contributed by atoms with van der Waals surface area (Å²) in [5.74, 6) is 0.683. The summed E-state index contributed by atoms with van der Waals surface area (Å²) in [6.07, 6.45) is 2.03. The van der Waals surface area contributed by atoms with Crippen molar-refractivity contribution in [1.29, 1.82) is 5.26 Å². The van der Waals surface area contributed by atoms with Crippen molar-refractivity contribution in [3.05, 3.63) is 70.0 Å². The second-order valence-corrected chi connectivity index (χ2v) is 7.55. The van der Waals surface area contributed by atoms with E-state index in [0.29, 0.717) is 22.0 Å². The van der Waals surface area contributed by atoms with E-state index in [1.807, 2.05) is 36.6 Å². The summed E-state index contributed by atoms with van der Waals surface area (Å²) in [6, 6.07) is 17.1. The van der Waals surface area contributed by atoms with Gasteiger partial charge >= 0.3 is 0 Å². The summed E-state index contributed by atoms with van der Waals surface area (Å²) in [7, 11) is 1.58. The number of aromatic nitrogens is 2. The molecule has 0 aliphatic rings. The lowest BCUT2D eigenvalue weighted by Crippen LogP contribution is -2.25. The molecule has 0 unspecified atom stereocenters. The molecule has 0 saturated heterocycles. The van der Waals surface area contributed by atoms with Gasteiger partial charge in [0.25, 0.3) is 5.56 Å². The Morgan fingerprint density at radius 2 is 1.70 bits per heavy atom. The summed E-state index contributed by atoms with van der Waals surface area (Å²) < 4.78 is 6.42. The van der Waals surface area contributed by atoms with E-state index in [-0.39, 0.29) is 5.56 Å². The molecule has 0 fully saturated rings. The molecule has 2 aromatic carbocycles. The minimum absolute atomic E-state index is 0.101. The molecule has 1 heterocycles. The van der Waals surface area contributed by atoms with Gasteiger partial charge in [-0.1, -0.05) is 11.8 Å². The largest absolute Gasteiger partial charge is 0.497 e. The van der Waals surface area contributed by atoms with Gasteiger partial charge in [0.2, 0.25) is 0 Å². The minimum Gasteiger partial charge on any atom is -0.497 e. The van der Waals surface area contributed by atoms with Crippen molar-refractivity contribution in [2.24, 2.45) is 0 Å². The van der Waals surface area contributed by atoms with Crippen LogP contribution in [0, 0.1) is 18.3 Å². The first-order valence-corrected chi connectivity index (χ1v) is 10.1. The van der Waals surface area contributed by atoms with Gasteiger partial charge in [-0.25, -0.2) is 0 Å². The fourth-order valence-corrected chi connectivity index (χ4v) is 3.75. The maximum Gasteiger partial charge on any atom is 0.289 e. The molecule has 27 heavy (non-hydrogen) atoms. The SMILES string of the molecule is COc1ccc(-n2nc(Sc3ccc(SC)cc3)c(C)c(C#N)c2=O)cc1. The van der Waals surface area contributed by atoms with Crippen LogP contribution in [0.5, 0.6) is 5.75 Å². The van der Waals surface area contributed by atoms with Gasteiger partial charge in [-0.2, -0.15) is 15.0 Å². The molecule has 3 rings (SSSR count). The van der Waals surface area contributed by atoms with Crippen LogP contribution < -0.4 is 10.3 Å². The molecule has 0 spiro atoms. The average molecular weight is 396 g/mol. The van der Waals surface area contributed by atoms with Crippen molar-refractivity contribution in [3.63, 3.8) is 0 Å². The fourth-order valence-electron chi connectivity index (χ4n) is 2.47. The molecule has 3 aromatic rings. The van der Waals surface area contributed by atoms with E-state index >= 15 is 0 Å². The van der Waals surface area contributed by atoms with E-state index in [1.54, 1.807) is 50.1 Å². The van der Waals surface area contributed by atoms with Gasteiger partial charge in [-0.05, 0) is 61.7 Å². The monoisotopic (exact) mass is 395 g/mol. The first kappa shape index (κ1) is 19.1. The van der Waals surface area contributed by atoms with Crippen LogP contribution in [0.2, 0.25) is 0 Å². The number of ether oxygens (including phenoxy) is 1. The van der Waals surface area contributed by atoms with Crippen LogP contribution in [-0.4, -0.2) is 23.1 Å². The Hall–Kier alpha value is -2.69. The second-order valence-electron chi connectivity index (χ2n) is 5.61. The number of rotatable bonds is 5. The molecule has 0 atom stereocenters. The zero-order chi connectivity index (χ0) is 19.4. The fraction of sp³-hybridized carbons (Fsp3) is 0.150. The molecule has 0 N–H and O–H groups in total. The van der Waals surface area contributed by atoms with E-state index in [1.165, 1.54) is 21.3 Å². The minimum atomic E-state index is -0.428. The highest BCUT2D eigenvalue weighted by atomic mass is 32.2. The van der Waals surface area contributed by atoms with Gasteiger partial charge in [0, 0.05) is 15.4 Å². The molecular weight excluding hydrogens is 378 g/mol. The number of nitriles is 1. The second kappa shape index (κ2) is 8.33. The summed E-state index contributed by atoms with van der Waals surface area (Å²) in [4.78, 5) is 14.9. The number of methoxy groups -OCH3 is 1. The average Bonchev–Trinajstić information content (AvgIpc) is 2.71. The quantitative estimate of drug-likeness (QED) is 0.600. The molecule has 0 amide bonds. The van der Waals surface area contributed by atoms with Crippen LogP contribution in [0.15, 0.2) is 68.1 Å². The van der Waals surface area contributed by atoms with Crippen molar-refractivity contribution in [2.45, 2.75) is 21.7 Å². The summed E-state index contributed by atoms with van der Waals surface area (Å²) >= 11 is 3.11. The van der Waals surface area contributed by atoms with E-state index < -0.39 is 5.56 Å². The molecule has 7 heteroatoms. The maximum absolute atomic E-state index is 12.7. The third kappa shape index (κ3) is 4.02. The van der Waals surface area contributed by atoms with Crippen LogP contribution in [-0.2, 0) is 0 Å². The first-order valence-electron chi connectivity index (χ1n) is 8.07. The number of benzene rings is 2. The number of hydrogen-bond donors (Lipinski definition) is 0. The van der Waals surface area contributed by atoms with Crippen LogP contribution >= 0.6 is 23.5 Å². The van der Waals surface area contributed by atoms with Gasteiger partial charge < -0.3 is 4.74 Å². The van der Waals surface area contributed by atoms with Crippen molar-refractivity contribution in [3.8, 4) is 17.5 Å². The van der Waals surface area contributed by atoms with Crippen LogP contribution in [0.3, 0.4) is 0 Å². The Labute approximate surface area is 166 Å². The smallest absolute Gasteiger partial charge is 0.289 e. The Balaban J connectivity index is 2.07. The molecule has 0 saturated carbocycles. The first-order chi connectivity index (χ1) is 13.1. The summed E-state index contributed by atoms with van der Waals surface area (Å²) in [6.45, 7) is 1.75. The van der Waals surface area contributed by atoms with Crippen molar-refractivity contribution in [2.75, 3.05) is 13.4 Å². The zero-order valence-electron chi connectivity index (χ0n) is 15.1. The number of nitrogens with zero attached hydrogens (tertiary/aromatic N) is 3. The van der Waals surface area contributed by atoms with Gasteiger partial charge in [0.1, 0.15) is 22.4 Å². The van der Waals surface area contributed by atoms with Crippen molar-refractivity contribution in [1.82, 2.24) is 9.78 Å². The molecule has 1 aromatic heterocycles. The molecule has 0 bridgehead atoms. The predicted molar refractivity (Wildman–Crippen MR) is 108 cm³/mol. The number of thioether (sulfide) groups is 1. The van der Waals surface area contributed by atoms with E-state index in [9.17, 15) is 10.1 Å². The normalized spacial score (nSPS) is 10.4. The van der Waals surface area contributed by atoms with E-state index in [0.717, 1.165) is 4.90 Å². The Bertz CT molecular complexity index is 1050. The molecule has 5 nitrogen and oxygen atoms in total. The van der Waals surface area contributed by atoms with E-state index in [2.05, 4.69) is 5.10 Å². The molecule has 136 valence electrons. The molecule has 0 aliphatic carbocycles. The van der Waals surface area contributed by atoms with Crippen LogP contribution in [0.25, 0.3) is 5.69 Å². The topological polar surface area (TPSA) is 67.9 Å². The van der Waals surface area contributed by atoms with Crippen molar-refractivity contribution < 1.29 is 4.74 Å². The highest BCUT2D eigenvalue weighted by Crippen LogP contribution is 2.30.